The zero-order chi connectivity index (χ0) is 13.8. The lowest BCUT2D eigenvalue weighted by Crippen LogP contribution is -2.25. The van der Waals surface area contributed by atoms with Gasteiger partial charge in [-0.25, -0.2) is 17.5 Å². The van der Waals surface area contributed by atoms with Crippen LogP contribution in [0.1, 0.15) is 6.42 Å². The topological polar surface area (TPSA) is 89.3 Å². The van der Waals surface area contributed by atoms with Gasteiger partial charge in [-0.05, 0) is 12.1 Å². The van der Waals surface area contributed by atoms with E-state index in [4.69, 9.17) is 6.42 Å². The first-order valence-electron chi connectivity index (χ1n) is 4.75. The lowest BCUT2D eigenvalue weighted by Gasteiger charge is -2.05. The predicted molar refractivity (Wildman–Crippen MR) is 61.7 cm³/mol. The van der Waals surface area contributed by atoms with Crippen molar-refractivity contribution in [3.8, 4) is 12.3 Å². The van der Waals surface area contributed by atoms with Crippen molar-refractivity contribution in [2.24, 2.45) is 0 Å². The number of benzene rings is 1. The van der Waals surface area contributed by atoms with Crippen LogP contribution in [0.25, 0.3) is 0 Å². The minimum absolute atomic E-state index is 0.0482. The van der Waals surface area contributed by atoms with E-state index in [2.05, 4.69) is 10.6 Å². The lowest BCUT2D eigenvalue weighted by molar-refractivity contribution is -0.388. The minimum Gasteiger partial charge on any atom is -0.258 e. The molecule has 8 heteroatoms. The maximum absolute atomic E-state index is 12.9. The lowest BCUT2D eigenvalue weighted by atomic mass is 10.3. The highest BCUT2D eigenvalue weighted by Gasteiger charge is 2.25. The third-order valence-electron chi connectivity index (χ3n) is 1.97. The van der Waals surface area contributed by atoms with Gasteiger partial charge in [0.1, 0.15) is 5.82 Å². The monoisotopic (exact) mass is 272 g/mol. The van der Waals surface area contributed by atoms with Crippen molar-refractivity contribution in [1.29, 1.82) is 0 Å². The number of terminal acetylenes is 1. The van der Waals surface area contributed by atoms with Gasteiger partial charge in [0.05, 0.1) is 11.0 Å². The van der Waals surface area contributed by atoms with Crippen LogP contribution in [0.5, 0.6) is 0 Å². The Kier molecular flexibility index (Phi) is 4.36. The van der Waals surface area contributed by atoms with Gasteiger partial charge in [-0.15, -0.1) is 12.3 Å². The summed E-state index contributed by atoms with van der Waals surface area (Å²) in [5.74, 6) is 1.33. The molecule has 0 spiro atoms. The second-order valence-electron chi connectivity index (χ2n) is 3.22. The molecule has 0 bridgehead atoms. The molecule has 0 aromatic heterocycles. The summed E-state index contributed by atoms with van der Waals surface area (Å²) < 4.78 is 38.4. The highest BCUT2D eigenvalue weighted by atomic mass is 32.2. The molecule has 0 aliphatic carbocycles. The van der Waals surface area contributed by atoms with Crippen molar-refractivity contribution in [1.82, 2.24) is 4.72 Å². The Bertz CT molecular complexity index is 607. The van der Waals surface area contributed by atoms with Crippen LogP contribution in [0.4, 0.5) is 10.1 Å². The van der Waals surface area contributed by atoms with Crippen molar-refractivity contribution >= 4 is 15.7 Å². The van der Waals surface area contributed by atoms with Crippen molar-refractivity contribution in [3.63, 3.8) is 0 Å². The molecule has 18 heavy (non-hydrogen) atoms. The number of nitro benzene ring substituents is 1. The zero-order valence-corrected chi connectivity index (χ0v) is 9.91. The zero-order valence-electron chi connectivity index (χ0n) is 9.09. The summed E-state index contributed by atoms with van der Waals surface area (Å²) in [5, 5.41) is 10.7. The molecule has 0 heterocycles. The summed E-state index contributed by atoms with van der Waals surface area (Å²) in [5.41, 5.74) is -0.816. The second-order valence-corrected chi connectivity index (χ2v) is 4.96. The Morgan fingerprint density at radius 3 is 2.72 bits per heavy atom. The maximum Gasteiger partial charge on any atom is 0.292 e. The van der Waals surface area contributed by atoms with Gasteiger partial charge in [-0.1, -0.05) is 0 Å². The quantitative estimate of drug-likeness (QED) is 0.375. The van der Waals surface area contributed by atoms with Gasteiger partial charge in [0.25, 0.3) is 5.69 Å². The van der Waals surface area contributed by atoms with Gasteiger partial charge < -0.3 is 0 Å². The Labute approximate surface area is 103 Å². The summed E-state index contributed by atoms with van der Waals surface area (Å²) >= 11 is 0. The number of hydrogen-bond acceptors (Lipinski definition) is 4. The van der Waals surface area contributed by atoms with Crippen LogP contribution < -0.4 is 4.72 Å². The van der Waals surface area contributed by atoms with Gasteiger partial charge in [-0.3, -0.25) is 10.1 Å². The third kappa shape index (κ3) is 3.26. The summed E-state index contributed by atoms with van der Waals surface area (Å²) in [6, 6.07) is 2.23. The molecule has 0 fully saturated rings. The van der Waals surface area contributed by atoms with Crippen molar-refractivity contribution in [3.05, 3.63) is 34.1 Å². The first kappa shape index (κ1) is 14.1. The molecular weight excluding hydrogens is 263 g/mol. The molecule has 1 N–H and O–H groups in total. The molecule has 0 saturated carbocycles. The standard InChI is InChI=1S/C10H9FN2O4S/c1-2-3-6-12-18(16,17)10-5-4-8(11)7-9(10)13(14)15/h1,4-5,7,12H,3,6H2. The van der Waals surface area contributed by atoms with E-state index in [9.17, 15) is 22.9 Å². The van der Waals surface area contributed by atoms with Crippen LogP contribution in [0.15, 0.2) is 23.1 Å². The van der Waals surface area contributed by atoms with E-state index in [0.29, 0.717) is 6.07 Å². The van der Waals surface area contributed by atoms with E-state index < -0.39 is 31.3 Å². The summed E-state index contributed by atoms with van der Waals surface area (Å²) in [6.45, 7) is -0.0482. The molecule has 0 radical (unpaired) electrons. The fraction of sp³-hybridized carbons (Fsp3) is 0.200. The molecule has 0 saturated heterocycles. The van der Waals surface area contributed by atoms with Gasteiger partial charge >= 0.3 is 0 Å². The number of nitrogens with zero attached hydrogens (tertiary/aromatic N) is 1. The Morgan fingerprint density at radius 2 is 2.17 bits per heavy atom. The molecular formula is C10H9FN2O4S. The van der Waals surface area contributed by atoms with E-state index in [1.807, 2.05) is 0 Å². The third-order valence-corrected chi connectivity index (χ3v) is 3.48. The largest absolute Gasteiger partial charge is 0.292 e. The van der Waals surface area contributed by atoms with Gasteiger partial charge in [0, 0.05) is 13.0 Å². The van der Waals surface area contributed by atoms with E-state index in [1.165, 1.54) is 0 Å². The van der Waals surface area contributed by atoms with Crippen LogP contribution in [0.3, 0.4) is 0 Å². The Morgan fingerprint density at radius 1 is 1.50 bits per heavy atom. The highest BCUT2D eigenvalue weighted by molar-refractivity contribution is 7.89. The Balaban J connectivity index is 3.16. The van der Waals surface area contributed by atoms with E-state index in [-0.39, 0.29) is 13.0 Å². The van der Waals surface area contributed by atoms with E-state index >= 15 is 0 Å². The molecule has 1 aromatic rings. The number of nitrogens with one attached hydrogen (secondary N) is 1. The van der Waals surface area contributed by atoms with Crippen molar-refractivity contribution in [2.75, 3.05) is 6.54 Å². The van der Waals surface area contributed by atoms with E-state index in [0.717, 1.165) is 12.1 Å². The van der Waals surface area contributed by atoms with Crippen LogP contribution in [-0.2, 0) is 10.0 Å². The molecule has 96 valence electrons. The minimum atomic E-state index is -4.08. The molecule has 6 nitrogen and oxygen atoms in total. The smallest absolute Gasteiger partial charge is 0.258 e. The summed E-state index contributed by atoms with van der Waals surface area (Å²) in [4.78, 5) is 9.11. The van der Waals surface area contributed by atoms with Gasteiger partial charge in [-0.2, -0.15) is 0 Å². The first-order chi connectivity index (χ1) is 8.38. The fourth-order valence-electron chi connectivity index (χ4n) is 1.20. The predicted octanol–water partition coefficient (Wildman–Crippen LogP) is 1.04. The maximum atomic E-state index is 12.9. The van der Waals surface area contributed by atoms with Crippen molar-refractivity contribution < 1.29 is 17.7 Å². The molecule has 0 atom stereocenters. The van der Waals surface area contributed by atoms with Gasteiger partial charge in [0.2, 0.25) is 10.0 Å². The molecule has 1 aromatic carbocycles. The second kappa shape index (κ2) is 5.57. The van der Waals surface area contributed by atoms with Crippen LogP contribution in [-0.4, -0.2) is 19.9 Å². The Hall–Kier alpha value is -1.98. The first-order valence-corrected chi connectivity index (χ1v) is 6.24. The number of hydrogen-bond donors (Lipinski definition) is 1. The fourth-order valence-corrected chi connectivity index (χ4v) is 2.38. The molecule has 0 aliphatic rings. The molecule has 0 unspecified atom stereocenters. The molecule has 0 amide bonds. The van der Waals surface area contributed by atoms with Crippen LogP contribution in [0, 0.1) is 28.3 Å². The summed E-state index contributed by atoms with van der Waals surface area (Å²) in [7, 11) is -4.08. The number of rotatable bonds is 5. The average Bonchev–Trinajstić information content (AvgIpc) is 2.28. The number of nitro groups is 1. The van der Waals surface area contributed by atoms with E-state index in [1.54, 1.807) is 0 Å². The van der Waals surface area contributed by atoms with Crippen LogP contribution >= 0.6 is 0 Å². The summed E-state index contributed by atoms with van der Waals surface area (Å²) in [6.07, 6.45) is 5.10. The van der Waals surface area contributed by atoms with Gasteiger partial charge in [0.15, 0.2) is 4.90 Å². The molecule has 0 aliphatic heterocycles. The SMILES string of the molecule is C#CCCNS(=O)(=O)c1ccc(F)cc1[N+](=O)[O-]. The number of halogens is 1. The van der Waals surface area contributed by atoms with Crippen LogP contribution in [0.2, 0.25) is 0 Å². The average molecular weight is 272 g/mol. The number of sulfonamides is 1. The highest BCUT2D eigenvalue weighted by Crippen LogP contribution is 2.24. The normalized spacial score (nSPS) is 10.9. The molecule has 1 rings (SSSR count). The van der Waals surface area contributed by atoms with Crippen molar-refractivity contribution in [2.45, 2.75) is 11.3 Å².